The minimum absolute atomic E-state index is 0.0275. The highest BCUT2D eigenvalue weighted by atomic mass is 16.5. The first-order valence-corrected chi connectivity index (χ1v) is 9.05. The molecule has 2 rings (SSSR count). The molecule has 6 nitrogen and oxygen atoms in total. The van der Waals surface area contributed by atoms with Gasteiger partial charge >= 0.3 is 0 Å². The van der Waals surface area contributed by atoms with Gasteiger partial charge in [0.05, 0.1) is 7.11 Å². The number of carbonyl (C=O) groups excluding carboxylic acids is 1. The maximum Gasteiger partial charge on any atom is 0.257 e. The highest BCUT2D eigenvalue weighted by molar-refractivity contribution is 5.77. The monoisotopic (exact) mass is 372 g/mol. The Bertz CT molecular complexity index is 707. The van der Waals surface area contributed by atoms with Crippen molar-refractivity contribution < 1.29 is 19.0 Å². The summed E-state index contributed by atoms with van der Waals surface area (Å²) in [6, 6.07) is 15.5. The number of benzene rings is 2. The Morgan fingerprint density at radius 3 is 2.56 bits per heavy atom. The Morgan fingerprint density at radius 1 is 1.07 bits per heavy atom. The Morgan fingerprint density at radius 2 is 1.85 bits per heavy atom. The van der Waals surface area contributed by atoms with E-state index in [1.54, 1.807) is 7.11 Å². The molecular weight excluding hydrogens is 344 g/mol. The van der Waals surface area contributed by atoms with Gasteiger partial charge in [0.1, 0.15) is 12.4 Å². The summed E-state index contributed by atoms with van der Waals surface area (Å²) in [5.74, 6) is 1.90. The molecule has 0 fully saturated rings. The van der Waals surface area contributed by atoms with Crippen LogP contribution in [0.15, 0.2) is 48.5 Å². The van der Waals surface area contributed by atoms with Crippen LogP contribution in [0.25, 0.3) is 0 Å². The van der Waals surface area contributed by atoms with Gasteiger partial charge in [-0.1, -0.05) is 24.3 Å². The number of nitrogens with one attached hydrogen (secondary N) is 1. The third kappa shape index (κ3) is 7.19. The van der Waals surface area contributed by atoms with Crippen LogP contribution in [0, 0.1) is 0 Å². The van der Waals surface area contributed by atoms with Crippen molar-refractivity contribution in [1.29, 1.82) is 0 Å². The second-order valence-corrected chi connectivity index (χ2v) is 6.13. The first kappa shape index (κ1) is 20.6. The average Bonchev–Trinajstić information content (AvgIpc) is 2.68. The molecule has 0 saturated carbocycles. The summed E-state index contributed by atoms with van der Waals surface area (Å²) in [7, 11) is 3.63. The number of hydrogen-bond acceptors (Lipinski definition) is 5. The van der Waals surface area contributed by atoms with Gasteiger partial charge in [0.2, 0.25) is 0 Å². The molecule has 0 bridgehead atoms. The number of amides is 1. The van der Waals surface area contributed by atoms with Crippen LogP contribution in [-0.4, -0.2) is 51.3 Å². The van der Waals surface area contributed by atoms with E-state index in [9.17, 15) is 4.79 Å². The molecule has 0 aromatic heterocycles. The molecule has 2 aromatic carbocycles. The lowest BCUT2D eigenvalue weighted by molar-refractivity contribution is -0.123. The zero-order chi connectivity index (χ0) is 19.5. The lowest BCUT2D eigenvalue weighted by atomic mass is 10.2. The van der Waals surface area contributed by atoms with E-state index in [1.165, 1.54) is 0 Å². The minimum Gasteiger partial charge on any atom is -0.493 e. The molecule has 6 heteroatoms. The highest BCUT2D eigenvalue weighted by Gasteiger charge is 2.09. The fourth-order valence-corrected chi connectivity index (χ4v) is 2.55. The quantitative estimate of drug-likeness (QED) is 0.657. The summed E-state index contributed by atoms with van der Waals surface area (Å²) < 4.78 is 16.7. The lowest BCUT2D eigenvalue weighted by Gasteiger charge is -2.18. The van der Waals surface area contributed by atoms with E-state index in [4.69, 9.17) is 14.2 Å². The van der Waals surface area contributed by atoms with Gasteiger partial charge in [-0.2, -0.15) is 0 Å². The average molecular weight is 372 g/mol. The third-order valence-corrected chi connectivity index (χ3v) is 3.90. The van der Waals surface area contributed by atoms with E-state index < -0.39 is 0 Å². The van der Waals surface area contributed by atoms with Crippen molar-refractivity contribution in [3.05, 3.63) is 54.1 Å². The minimum atomic E-state index is -0.151. The van der Waals surface area contributed by atoms with Crippen LogP contribution in [-0.2, 0) is 11.3 Å². The predicted molar refractivity (Wildman–Crippen MR) is 105 cm³/mol. The van der Waals surface area contributed by atoms with Gasteiger partial charge in [-0.25, -0.2) is 0 Å². The smallest absolute Gasteiger partial charge is 0.257 e. The first-order chi connectivity index (χ1) is 13.1. The van der Waals surface area contributed by atoms with Crippen LogP contribution in [0.1, 0.15) is 12.5 Å². The lowest BCUT2D eigenvalue weighted by Crippen LogP contribution is -2.28. The number of para-hydroxylation sites is 1. The van der Waals surface area contributed by atoms with Crippen molar-refractivity contribution >= 4 is 5.91 Å². The summed E-state index contributed by atoms with van der Waals surface area (Å²) in [6.07, 6.45) is 0. The molecule has 146 valence electrons. The number of carbonyl (C=O) groups is 1. The summed E-state index contributed by atoms with van der Waals surface area (Å²) in [5.41, 5.74) is 1.10. The van der Waals surface area contributed by atoms with Crippen LogP contribution >= 0.6 is 0 Å². The van der Waals surface area contributed by atoms with E-state index >= 15 is 0 Å². The SMILES string of the molecule is CCNC(=O)COc1ccc(CN(C)CCOc2ccccc2)cc1OC. The summed E-state index contributed by atoms with van der Waals surface area (Å²) >= 11 is 0. The number of ether oxygens (including phenoxy) is 3. The van der Waals surface area contributed by atoms with Gasteiger partial charge in [0.15, 0.2) is 18.1 Å². The van der Waals surface area contributed by atoms with Crippen molar-refractivity contribution in [3.63, 3.8) is 0 Å². The largest absolute Gasteiger partial charge is 0.493 e. The number of nitrogens with zero attached hydrogens (tertiary/aromatic N) is 1. The van der Waals surface area contributed by atoms with Gasteiger partial charge in [-0.3, -0.25) is 9.69 Å². The molecule has 0 saturated heterocycles. The second kappa shape index (κ2) is 11.1. The molecule has 0 radical (unpaired) electrons. The van der Waals surface area contributed by atoms with Gasteiger partial charge < -0.3 is 19.5 Å². The molecule has 0 unspecified atom stereocenters. The van der Waals surface area contributed by atoms with E-state index in [-0.39, 0.29) is 12.5 Å². The molecule has 0 atom stereocenters. The number of hydrogen-bond donors (Lipinski definition) is 1. The molecule has 2 aromatic rings. The maximum atomic E-state index is 11.5. The van der Waals surface area contributed by atoms with Crippen LogP contribution in [0.4, 0.5) is 0 Å². The van der Waals surface area contributed by atoms with Gasteiger partial charge in [0, 0.05) is 19.6 Å². The molecule has 0 aliphatic rings. The fourth-order valence-electron chi connectivity index (χ4n) is 2.55. The molecule has 1 amide bonds. The Labute approximate surface area is 161 Å². The Balaban J connectivity index is 1.83. The predicted octanol–water partition coefficient (Wildman–Crippen LogP) is 2.72. The van der Waals surface area contributed by atoms with Crippen molar-refractivity contribution in [1.82, 2.24) is 10.2 Å². The first-order valence-electron chi connectivity index (χ1n) is 9.05. The second-order valence-electron chi connectivity index (χ2n) is 6.13. The van der Waals surface area contributed by atoms with E-state index in [2.05, 4.69) is 10.2 Å². The molecule has 0 aliphatic heterocycles. The van der Waals surface area contributed by atoms with Crippen molar-refractivity contribution in [2.24, 2.45) is 0 Å². The number of rotatable bonds is 11. The molecule has 1 N–H and O–H groups in total. The third-order valence-electron chi connectivity index (χ3n) is 3.90. The van der Waals surface area contributed by atoms with Gasteiger partial charge in [-0.05, 0) is 43.8 Å². The van der Waals surface area contributed by atoms with Gasteiger partial charge in [0.25, 0.3) is 5.91 Å². The van der Waals surface area contributed by atoms with E-state index in [0.29, 0.717) is 24.7 Å². The van der Waals surface area contributed by atoms with Crippen molar-refractivity contribution in [3.8, 4) is 17.2 Å². The standard InChI is InChI=1S/C21H28N2O4/c1-4-22-21(24)16-27-19-11-10-17(14-20(19)25-3)15-23(2)12-13-26-18-8-6-5-7-9-18/h5-11,14H,4,12-13,15-16H2,1-3H3,(H,22,24). The van der Waals surface area contributed by atoms with E-state index in [0.717, 1.165) is 24.4 Å². The molecule has 0 aliphatic carbocycles. The summed E-state index contributed by atoms with van der Waals surface area (Å²) in [6.45, 7) is 4.59. The summed E-state index contributed by atoms with van der Waals surface area (Å²) in [5, 5.41) is 2.70. The van der Waals surface area contributed by atoms with Crippen molar-refractivity contribution in [2.75, 3.05) is 40.5 Å². The van der Waals surface area contributed by atoms with Crippen LogP contribution in [0.2, 0.25) is 0 Å². The van der Waals surface area contributed by atoms with Crippen LogP contribution in [0.3, 0.4) is 0 Å². The van der Waals surface area contributed by atoms with Crippen molar-refractivity contribution in [2.45, 2.75) is 13.5 Å². The Hall–Kier alpha value is -2.73. The molecule has 27 heavy (non-hydrogen) atoms. The number of likely N-dealkylation sites (N-methyl/N-ethyl adjacent to an activating group) is 2. The molecular formula is C21H28N2O4. The van der Waals surface area contributed by atoms with Gasteiger partial charge in [-0.15, -0.1) is 0 Å². The highest BCUT2D eigenvalue weighted by Crippen LogP contribution is 2.28. The maximum absolute atomic E-state index is 11.5. The van der Waals surface area contributed by atoms with E-state index in [1.807, 2.05) is 62.5 Å². The van der Waals surface area contributed by atoms with Crippen LogP contribution in [0.5, 0.6) is 17.2 Å². The fraction of sp³-hybridized carbons (Fsp3) is 0.381. The zero-order valence-corrected chi connectivity index (χ0v) is 16.2. The molecule has 0 heterocycles. The van der Waals surface area contributed by atoms with Crippen LogP contribution < -0.4 is 19.5 Å². The summed E-state index contributed by atoms with van der Waals surface area (Å²) in [4.78, 5) is 13.7. The number of methoxy groups -OCH3 is 1. The topological polar surface area (TPSA) is 60.0 Å². The Kier molecular flexibility index (Phi) is 8.45. The molecule has 0 spiro atoms. The normalized spacial score (nSPS) is 10.5. The zero-order valence-electron chi connectivity index (χ0n) is 16.2.